The van der Waals surface area contributed by atoms with Gasteiger partial charge in [-0.25, -0.2) is 0 Å². The molecule has 0 fully saturated rings. The topological polar surface area (TPSA) is 277 Å². The molecule has 3 atom stereocenters. The number of nitrogens with two attached hydrogens (primary N) is 6. The molecule has 0 saturated heterocycles. The van der Waals surface area contributed by atoms with Crippen molar-refractivity contribution in [2.45, 2.75) is 75.9 Å². The van der Waals surface area contributed by atoms with Crippen LogP contribution in [0.15, 0.2) is 0 Å². The molecule has 0 aromatic heterocycles. The van der Waals surface area contributed by atoms with Crippen LogP contribution in [0.2, 0.25) is 0 Å². The van der Waals surface area contributed by atoms with Crippen LogP contribution in [0.25, 0.3) is 0 Å². The second-order valence-corrected chi connectivity index (χ2v) is 6.63. The molecule has 31 heavy (non-hydrogen) atoms. The van der Waals surface area contributed by atoms with Crippen molar-refractivity contribution in [2.24, 2.45) is 34.4 Å². The number of aliphatic carboxylic acids is 3. The molecule has 13 heteroatoms. The Balaban J connectivity index is -0.000000174. The molecule has 0 aliphatic carbocycles. The largest absolute Gasteiger partial charge is 3.00 e. The van der Waals surface area contributed by atoms with E-state index in [2.05, 4.69) is 0 Å². The Hall–Kier alpha value is -1.77. The first kappa shape index (κ1) is 36.6. The third kappa shape index (κ3) is 30.5. The Bertz CT molecular complexity index is 386. The predicted octanol–water partition coefficient (Wildman–Crippen LogP) is -5.80. The molecule has 0 radical (unpaired) electrons. The van der Waals surface area contributed by atoms with Gasteiger partial charge >= 0.3 is 8.41 Å². The quantitative estimate of drug-likeness (QED) is 0.101. The minimum atomic E-state index is -1.18. The Labute approximate surface area is 186 Å². The van der Waals surface area contributed by atoms with E-state index in [-0.39, 0.29) is 8.41 Å². The minimum Gasteiger partial charge on any atom is -0.548 e. The summed E-state index contributed by atoms with van der Waals surface area (Å²) in [4.78, 5) is 30.1. The summed E-state index contributed by atoms with van der Waals surface area (Å²) < 4.78 is 0. The van der Waals surface area contributed by atoms with Crippen LogP contribution in [-0.2, 0) is 14.4 Å². The summed E-state index contributed by atoms with van der Waals surface area (Å²) in [7, 11) is 0. The van der Waals surface area contributed by atoms with E-state index in [1.807, 2.05) is 0 Å². The van der Waals surface area contributed by atoms with Crippen molar-refractivity contribution in [2.75, 3.05) is 19.6 Å². The third-order valence-corrected chi connectivity index (χ3v) is 3.82. The number of carboxylic acids is 3. The number of carbonyl (C=O) groups excluding carboxylic acids is 3. The maximum absolute atomic E-state index is 10.0. The van der Waals surface area contributed by atoms with Crippen molar-refractivity contribution >= 4 is 26.3 Å². The van der Waals surface area contributed by atoms with E-state index < -0.39 is 36.0 Å². The molecule has 0 aliphatic rings. The summed E-state index contributed by atoms with van der Waals surface area (Å²) in [6, 6.07) is -2.48. The van der Waals surface area contributed by atoms with Gasteiger partial charge in [-0.05, 0) is 58.2 Å². The predicted molar refractivity (Wildman–Crippen MR) is 113 cm³/mol. The van der Waals surface area contributed by atoms with Gasteiger partial charge in [0.05, 0.1) is 17.9 Å². The van der Waals surface area contributed by atoms with Gasteiger partial charge in [0, 0.05) is 18.1 Å². The number of carbonyl (C=O) groups is 3. The van der Waals surface area contributed by atoms with Crippen LogP contribution < -0.4 is 49.7 Å². The molecular weight excluding hydrogens is 407 g/mol. The van der Waals surface area contributed by atoms with Crippen molar-refractivity contribution < 1.29 is 29.7 Å². The minimum absolute atomic E-state index is 0. The molecule has 0 aromatic carbocycles. The average molecular weight is 446 g/mol. The molecule has 0 amide bonds. The summed E-state index contributed by atoms with van der Waals surface area (Å²) in [5.74, 6) is -3.55. The van der Waals surface area contributed by atoms with Gasteiger partial charge in [0.25, 0.3) is 0 Å². The van der Waals surface area contributed by atoms with Gasteiger partial charge in [-0.1, -0.05) is 19.3 Å². The zero-order valence-electron chi connectivity index (χ0n) is 18.2. The molecule has 0 spiro atoms. The van der Waals surface area contributed by atoms with Crippen molar-refractivity contribution in [1.29, 1.82) is 0 Å². The first-order chi connectivity index (χ1) is 14.0. The van der Waals surface area contributed by atoms with Crippen molar-refractivity contribution in [3.05, 3.63) is 0 Å². The number of rotatable bonds is 15. The van der Waals surface area contributed by atoms with Crippen LogP contribution in [-0.4, -0.2) is 64.1 Å². The fourth-order valence-electron chi connectivity index (χ4n) is 1.88. The van der Waals surface area contributed by atoms with E-state index in [9.17, 15) is 29.7 Å². The summed E-state index contributed by atoms with van der Waals surface area (Å²) in [6.45, 7) is 1.75. The van der Waals surface area contributed by atoms with Crippen LogP contribution in [0.4, 0.5) is 0 Å². The summed E-state index contributed by atoms with van der Waals surface area (Å²) in [5.41, 5.74) is 31.0. The maximum Gasteiger partial charge on any atom is 3.00 e. The molecule has 180 valence electrons. The first-order valence-electron chi connectivity index (χ1n) is 10.0. The van der Waals surface area contributed by atoms with Crippen LogP contribution >= 0.6 is 0 Å². The van der Waals surface area contributed by atoms with Gasteiger partial charge in [0.15, 0.2) is 0 Å². The van der Waals surface area contributed by atoms with E-state index in [1.165, 1.54) is 0 Å². The van der Waals surface area contributed by atoms with Crippen LogP contribution in [0.5, 0.6) is 0 Å². The maximum atomic E-state index is 10.0. The standard InChI is InChI=1S/3C6H14N2O2.B/c3*7-4-2-1-3-5(8)6(9)10;/h3*5H,1-4,7-8H2,(H,9,10);/q;;;+3/p-3. The Kier molecular flexibility index (Phi) is 31.0. The van der Waals surface area contributed by atoms with Gasteiger partial charge in [0.2, 0.25) is 0 Å². The summed E-state index contributed by atoms with van der Waals surface area (Å²) in [6.07, 6.45) is 6.10. The molecule has 12 N–H and O–H groups in total. The number of carboxylic acid groups (broad SMARTS) is 3. The van der Waals surface area contributed by atoms with Crippen molar-refractivity contribution in [3.8, 4) is 0 Å². The van der Waals surface area contributed by atoms with E-state index >= 15 is 0 Å². The second-order valence-electron chi connectivity index (χ2n) is 6.63. The Morgan fingerprint density at radius 2 is 0.710 bits per heavy atom. The number of hydrogen-bond donors (Lipinski definition) is 6. The molecular formula is C18H39BN6O6. The Morgan fingerprint density at radius 3 is 0.839 bits per heavy atom. The molecule has 0 saturated carbocycles. The monoisotopic (exact) mass is 446 g/mol. The SMILES string of the molecule is NCCCCC(N)C(=O)[O-].NCCCCC(N)C(=O)[O-].NCCCCC(N)C(=O)[O-].[B+3]. The smallest absolute Gasteiger partial charge is 0.548 e. The zero-order chi connectivity index (χ0) is 23.9. The average Bonchev–Trinajstić information content (AvgIpc) is 2.69. The van der Waals surface area contributed by atoms with Gasteiger partial charge in [-0.3, -0.25) is 0 Å². The molecule has 12 nitrogen and oxygen atoms in total. The van der Waals surface area contributed by atoms with E-state index in [1.54, 1.807) is 0 Å². The normalized spacial score (nSPS) is 12.6. The third-order valence-electron chi connectivity index (χ3n) is 3.82. The van der Waals surface area contributed by atoms with Gasteiger partial charge in [0.1, 0.15) is 0 Å². The van der Waals surface area contributed by atoms with E-state index in [0.29, 0.717) is 38.9 Å². The number of unbranched alkanes of at least 4 members (excludes halogenated alkanes) is 3. The van der Waals surface area contributed by atoms with Gasteiger partial charge in [-0.15, -0.1) is 0 Å². The van der Waals surface area contributed by atoms with Crippen LogP contribution in [0.3, 0.4) is 0 Å². The van der Waals surface area contributed by atoms with Crippen LogP contribution in [0.1, 0.15) is 57.8 Å². The van der Waals surface area contributed by atoms with Gasteiger partial charge in [-0.2, -0.15) is 0 Å². The Morgan fingerprint density at radius 1 is 0.516 bits per heavy atom. The molecule has 0 heterocycles. The molecule has 0 rings (SSSR count). The van der Waals surface area contributed by atoms with Gasteiger partial charge < -0.3 is 64.1 Å². The second kappa shape index (κ2) is 26.3. The molecule has 0 aliphatic heterocycles. The molecule has 0 bridgehead atoms. The van der Waals surface area contributed by atoms with E-state index in [0.717, 1.165) is 38.5 Å². The van der Waals surface area contributed by atoms with E-state index in [4.69, 9.17) is 34.4 Å². The van der Waals surface area contributed by atoms with Crippen LogP contribution in [0, 0.1) is 0 Å². The zero-order valence-corrected chi connectivity index (χ0v) is 18.2. The molecule has 0 aromatic rings. The van der Waals surface area contributed by atoms with Crippen molar-refractivity contribution in [1.82, 2.24) is 0 Å². The first-order valence-corrected chi connectivity index (χ1v) is 10.0. The summed E-state index contributed by atoms with van der Waals surface area (Å²) >= 11 is 0. The number of hydrogen-bond acceptors (Lipinski definition) is 12. The molecule has 3 unspecified atom stereocenters. The summed E-state index contributed by atoms with van der Waals surface area (Å²) in [5, 5.41) is 30.1. The fraction of sp³-hybridized carbons (Fsp3) is 0.833. The fourth-order valence-corrected chi connectivity index (χ4v) is 1.88. The van der Waals surface area contributed by atoms with Crippen molar-refractivity contribution in [3.63, 3.8) is 0 Å².